The lowest BCUT2D eigenvalue weighted by Gasteiger charge is -1.95. The summed E-state index contributed by atoms with van der Waals surface area (Å²) in [5.41, 5.74) is 0.933. The number of benzene rings is 1. The lowest BCUT2D eigenvalue weighted by Crippen LogP contribution is -1.98. The van der Waals surface area contributed by atoms with Gasteiger partial charge in [-0.25, -0.2) is 0 Å². The molecule has 4 heteroatoms. The van der Waals surface area contributed by atoms with Gasteiger partial charge < -0.3 is 0 Å². The predicted octanol–water partition coefficient (Wildman–Crippen LogP) is 2.27. The molecule has 15 heavy (non-hydrogen) atoms. The van der Waals surface area contributed by atoms with Crippen molar-refractivity contribution in [3.8, 4) is 11.4 Å². The van der Waals surface area contributed by atoms with Crippen molar-refractivity contribution in [2.75, 3.05) is 0 Å². The third-order valence-electron chi connectivity index (χ3n) is 1.61. The Morgan fingerprint density at radius 2 is 1.33 bits per heavy atom. The first-order valence-electron chi connectivity index (χ1n) is 4.96. The van der Waals surface area contributed by atoms with Gasteiger partial charge >= 0.3 is 0 Å². The Labute approximate surface area is 89.4 Å². The molecule has 0 N–H and O–H groups in total. The number of hydrogen-bond acceptors (Lipinski definition) is 4. The summed E-state index contributed by atoms with van der Waals surface area (Å²) in [4.78, 5) is 0. The van der Waals surface area contributed by atoms with Gasteiger partial charge in [-0.15, -0.1) is 20.4 Å². The molecule has 2 aromatic rings. The third-order valence-corrected chi connectivity index (χ3v) is 1.61. The van der Waals surface area contributed by atoms with E-state index in [0.29, 0.717) is 11.6 Å². The minimum atomic E-state index is 0.561. The summed E-state index contributed by atoms with van der Waals surface area (Å²) in [5.74, 6) is 1.14. The molecule has 0 amide bonds. The molecule has 0 saturated carbocycles. The Morgan fingerprint density at radius 1 is 0.800 bits per heavy atom. The highest BCUT2D eigenvalue weighted by molar-refractivity contribution is 5.52. The molecule has 0 unspecified atom stereocenters. The van der Waals surface area contributed by atoms with Gasteiger partial charge in [-0.2, -0.15) is 0 Å². The van der Waals surface area contributed by atoms with E-state index >= 15 is 0 Å². The summed E-state index contributed by atoms with van der Waals surface area (Å²) in [6.45, 7) is 5.76. The fourth-order valence-corrected chi connectivity index (χ4v) is 0.982. The fourth-order valence-electron chi connectivity index (χ4n) is 0.982. The van der Waals surface area contributed by atoms with E-state index in [2.05, 4.69) is 20.4 Å². The molecule has 0 spiro atoms. The Bertz CT molecular complexity index is 383. The van der Waals surface area contributed by atoms with Crippen molar-refractivity contribution in [1.29, 1.82) is 0 Å². The third kappa shape index (κ3) is 3.09. The van der Waals surface area contributed by atoms with E-state index in [1.807, 2.05) is 44.2 Å². The van der Waals surface area contributed by atoms with Crippen LogP contribution in [0.2, 0.25) is 0 Å². The number of rotatable bonds is 1. The molecule has 0 bridgehead atoms. The SMILES string of the molecule is CC.Cc1nnc(-c2ccccc2)nn1. The Balaban J connectivity index is 0.000000531. The van der Waals surface area contributed by atoms with Crippen LogP contribution in [-0.2, 0) is 0 Å². The fraction of sp³-hybridized carbons (Fsp3) is 0.273. The van der Waals surface area contributed by atoms with Crippen LogP contribution in [0.15, 0.2) is 30.3 Å². The Hall–Kier alpha value is -1.84. The second-order valence-electron chi connectivity index (χ2n) is 2.64. The summed E-state index contributed by atoms with van der Waals surface area (Å²) in [6.07, 6.45) is 0. The van der Waals surface area contributed by atoms with Crippen LogP contribution < -0.4 is 0 Å². The first kappa shape index (κ1) is 11.2. The second-order valence-corrected chi connectivity index (χ2v) is 2.64. The van der Waals surface area contributed by atoms with Crippen molar-refractivity contribution in [2.45, 2.75) is 20.8 Å². The van der Waals surface area contributed by atoms with Crippen LogP contribution in [0.5, 0.6) is 0 Å². The van der Waals surface area contributed by atoms with Crippen LogP contribution in [0.1, 0.15) is 19.7 Å². The maximum absolute atomic E-state index is 3.92. The molecule has 0 fully saturated rings. The van der Waals surface area contributed by atoms with Crippen molar-refractivity contribution in [3.05, 3.63) is 36.2 Å². The Morgan fingerprint density at radius 3 is 1.87 bits per heavy atom. The van der Waals surface area contributed by atoms with Gasteiger partial charge in [-0.1, -0.05) is 44.2 Å². The summed E-state index contributed by atoms with van der Waals surface area (Å²) >= 11 is 0. The van der Waals surface area contributed by atoms with Crippen LogP contribution in [0.3, 0.4) is 0 Å². The normalized spacial score (nSPS) is 9.00. The molecular formula is C11H14N4. The molecule has 1 aromatic carbocycles. The first-order valence-corrected chi connectivity index (χ1v) is 4.96. The molecule has 78 valence electrons. The van der Waals surface area contributed by atoms with E-state index < -0.39 is 0 Å². The quantitative estimate of drug-likeness (QED) is 0.711. The molecule has 2 rings (SSSR count). The summed E-state index contributed by atoms with van der Waals surface area (Å²) in [5, 5.41) is 15.5. The van der Waals surface area contributed by atoms with Gasteiger partial charge in [0.1, 0.15) is 0 Å². The van der Waals surface area contributed by atoms with Crippen LogP contribution in [0.25, 0.3) is 11.4 Å². The van der Waals surface area contributed by atoms with Crippen LogP contribution in [-0.4, -0.2) is 20.4 Å². The van der Waals surface area contributed by atoms with Crippen LogP contribution in [0, 0.1) is 6.92 Å². The zero-order valence-electron chi connectivity index (χ0n) is 9.18. The van der Waals surface area contributed by atoms with Gasteiger partial charge in [0.15, 0.2) is 5.82 Å². The van der Waals surface area contributed by atoms with E-state index in [0.717, 1.165) is 5.56 Å². The number of aryl methyl sites for hydroxylation is 1. The zero-order chi connectivity index (χ0) is 11.1. The monoisotopic (exact) mass is 202 g/mol. The highest BCUT2D eigenvalue weighted by Crippen LogP contribution is 2.10. The second kappa shape index (κ2) is 5.80. The van der Waals surface area contributed by atoms with Crippen molar-refractivity contribution in [1.82, 2.24) is 20.4 Å². The van der Waals surface area contributed by atoms with E-state index in [9.17, 15) is 0 Å². The van der Waals surface area contributed by atoms with Crippen LogP contribution >= 0.6 is 0 Å². The van der Waals surface area contributed by atoms with Crippen molar-refractivity contribution in [3.63, 3.8) is 0 Å². The van der Waals surface area contributed by atoms with Gasteiger partial charge in [-0.3, -0.25) is 0 Å². The molecule has 0 atom stereocenters. The van der Waals surface area contributed by atoms with Gasteiger partial charge in [0.05, 0.1) is 0 Å². The molecule has 0 saturated heterocycles. The highest BCUT2D eigenvalue weighted by Gasteiger charge is 1.99. The molecule has 4 nitrogen and oxygen atoms in total. The van der Waals surface area contributed by atoms with E-state index in [4.69, 9.17) is 0 Å². The first-order chi connectivity index (χ1) is 7.36. The average Bonchev–Trinajstić information content (AvgIpc) is 2.34. The van der Waals surface area contributed by atoms with Gasteiger partial charge in [0, 0.05) is 5.56 Å². The molecule has 0 aliphatic heterocycles. The minimum Gasteiger partial charge on any atom is -0.131 e. The maximum atomic E-state index is 3.92. The predicted molar refractivity (Wildman–Crippen MR) is 59.1 cm³/mol. The average molecular weight is 202 g/mol. The molecular weight excluding hydrogens is 188 g/mol. The smallest absolute Gasteiger partial charge is 0.131 e. The summed E-state index contributed by atoms with van der Waals surface area (Å²) in [6, 6.07) is 9.65. The standard InChI is InChI=1S/C9H8N4.C2H6/c1-7-10-12-9(13-11-7)8-5-3-2-4-6-8;1-2/h2-6H,1H3;1-2H3. The number of hydrogen-bond donors (Lipinski definition) is 0. The van der Waals surface area contributed by atoms with E-state index in [-0.39, 0.29) is 0 Å². The highest BCUT2D eigenvalue weighted by atomic mass is 15.3. The molecule has 1 aromatic heterocycles. The molecule has 0 radical (unpaired) electrons. The molecule has 1 heterocycles. The van der Waals surface area contributed by atoms with E-state index in [1.165, 1.54) is 0 Å². The molecule has 0 aliphatic rings. The van der Waals surface area contributed by atoms with Gasteiger partial charge in [0.2, 0.25) is 5.82 Å². The van der Waals surface area contributed by atoms with Gasteiger partial charge in [0.25, 0.3) is 0 Å². The van der Waals surface area contributed by atoms with Crippen LogP contribution in [0.4, 0.5) is 0 Å². The maximum Gasteiger partial charge on any atom is 0.203 e. The van der Waals surface area contributed by atoms with E-state index in [1.54, 1.807) is 6.92 Å². The summed E-state index contributed by atoms with van der Waals surface area (Å²) < 4.78 is 0. The summed E-state index contributed by atoms with van der Waals surface area (Å²) in [7, 11) is 0. The lowest BCUT2D eigenvalue weighted by molar-refractivity contribution is 0.816. The number of aromatic nitrogens is 4. The van der Waals surface area contributed by atoms with Crippen molar-refractivity contribution in [2.24, 2.45) is 0 Å². The number of nitrogens with zero attached hydrogens (tertiary/aromatic N) is 4. The van der Waals surface area contributed by atoms with Crippen molar-refractivity contribution >= 4 is 0 Å². The Kier molecular flexibility index (Phi) is 4.34. The minimum absolute atomic E-state index is 0.561. The topological polar surface area (TPSA) is 51.6 Å². The molecule has 0 aliphatic carbocycles. The zero-order valence-corrected chi connectivity index (χ0v) is 9.18. The largest absolute Gasteiger partial charge is 0.203 e. The lowest BCUT2D eigenvalue weighted by atomic mass is 10.2. The van der Waals surface area contributed by atoms with Crippen molar-refractivity contribution < 1.29 is 0 Å². The van der Waals surface area contributed by atoms with Gasteiger partial charge in [-0.05, 0) is 6.92 Å².